The lowest BCUT2D eigenvalue weighted by Gasteiger charge is -2.52. The topological polar surface area (TPSA) is 65.1 Å². The van der Waals surface area contributed by atoms with Crippen molar-refractivity contribution in [2.45, 2.75) is 32.1 Å². The van der Waals surface area contributed by atoms with E-state index in [1.54, 1.807) is 6.92 Å². The van der Waals surface area contributed by atoms with Gasteiger partial charge < -0.3 is 14.3 Å². The van der Waals surface area contributed by atoms with Gasteiger partial charge in [0.1, 0.15) is 6.04 Å². The zero-order chi connectivity index (χ0) is 12.9. The first-order valence-corrected chi connectivity index (χ1v) is 6.11. The highest BCUT2D eigenvalue weighted by atomic mass is 16.7. The summed E-state index contributed by atoms with van der Waals surface area (Å²) in [6, 6.07) is -0.146. The van der Waals surface area contributed by atoms with Gasteiger partial charge in [0.2, 0.25) is 0 Å². The Kier molecular flexibility index (Phi) is 2.46. The van der Waals surface area contributed by atoms with E-state index >= 15 is 0 Å². The molecule has 2 unspecified atom stereocenters. The molecule has 0 aromatic carbocycles. The first-order chi connectivity index (χ1) is 8.57. The molecule has 0 N–H and O–H groups in total. The summed E-state index contributed by atoms with van der Waals surface area (Å²) in [6.07, 6.45) is 2.13. The molecule has 0 spiro atoms. The number of hydrogen-bond acceptors (Lipinski definition) is 5. The van der Waals surface area contributed by atoms with E-state index < -0.39 is 11.8 Å². The molecule has 3 rings (SSSR count). The second-order valence-corrected chi connectivity index (χ2v) is 4.71. The Bertz CT molecular complexity index is 438. The van der Waals surface area contributed by atoms with E-state index in [4.69, 9.17) is 14.3 Å². The summed E-state index contributed by atoms with van der Waals surface area (Å²) in [5, 5.41) is 1.14. The Morgan fingerprint density at radius 2 is 2.22 bits per heavy atom. The van der Waals surface area contributed by atoms with Crippen molar-refractivity contribution >= 4 is 11.9 Å². The summed E-state index contributed by atoms with van der Waals surface area (Å²) in [4.78, 5) is 28.0. The molecule has 3 aliphatic rings. The van der Waals surface area contributed by atoms with Gasteiger partial charge in [-0.15, -0.1) is 0 Å². The van der Waals surface area contributed by atoms with E-state index in [9.17, 15) is 9.59 Å². The number of β-lactam (4-membered cyclic amide) rings is 1. The third-order valence-electron chi connectivity index (χ3n) is 3.63. The molecule has 2 aliphatic heterocycles. The number of ether oxygens (including phenoxy) is 2. The van der Waals surface area contributed by atoms with Crippen LogP contribution in [-0.2, 0) is 23.9 Å². The molecule has 0 saturated carbocycles. The quantitative estimate of drug-likeness (QED) is 0.537. The molecule has 2 saturated heterocycles. The number of nitrogens with zero attached hydrogens (tertiary/aromatic N) is 1. The number of carbonyl (C=O) groups is 2. The first kappa shape index (κ1) is 11.7. The van der Waals surface area contributed by atoms with Crippen LogP contribution in [0.2, 0.25) is 0 Å². The van der Waals surface area contributed by atoms with Crippen LogP contribution in [0.1, 0.15) is 20.3 Å². The maximum absolute atomic E-state index is 11.9. The second kappa shape index (κ2) is 3.80. The lowest BCUT2D eigenvalue weighted by atomic mass is 9.69. The van der Waals surface area contributed by atoms with Crippen molar-refractivity contribution in [2.24, 2.45) is 5.92 Å². The van der Waals surface area contributed by atoms with Crippen molar-refractivity contribution in [1.29, 1.82) is 0 Å². The number of fused-ring (bicyclic) bond motifs is 1. The van der Waals surface area contributed by atoms with E-state index in [1.165, 1.54) is 0 Å². The Morgan fingerprint density at radius 3 is 2.78 bits per heavy atom. The Labute approximate surface area is 104 Å². The van der Waals surface area contributed by atoms with Gasteiger partial charge in [-0.25, -0.2) is 4.79 Å². The summed E-state index contributed by atoms with van der Waals surface area (Å²) >= 11 is 0. The molecule has 2 heterocycles. The predicted octanol–water partition coefficient (Wildman–Crippen LogP) is 0.385. The van der Waals surface area contributed by atoms with Crippen molar-refractivity contribution in [3.63, 3.8) is 0 Å². The van der Waals surface area contributed by atoms with Gasteiger partial charge in [0.25, 0.3) is 5.91 Å². The molecule has 6 heteroatoms. The number of amides is 1. The van der Waals surface area contributed by atoms with Gasteiger partial charge in [-0.3, -0.25) is 4.79 Å². The van der Waals surface area contributed by atoms with Gasteiger partial charge in [-0.05, 0) is 6.92 Å². The smallest absolute Gasteiger partial charge is 0.332 e. The summed E-state index contributed by atoms with van der Waals surface area (Å²) in [5.41, 5.74) is 0.846. The first-order valence-electron chi connectivity index (χ1n) is 6.11. The highest BCUT2D eigenvalue weighted by molar-refractivity contribution is 5.93. The minimum absolute atomic E-state index is 0.146. The minimum Gasteiger partial charge on any atom is -0.344 e. The average Bonchev–Trinajstić information content (AvgIpc) is 2.74. The van der Waals surface area contributed by atoms with Crippen LogP contribution in [-0.4, -0.2) is 42.0 Å². The maximum Gasteiger partial charge on any atom is 0.332 e. The number of hydrogen-bond donors (Lipinski definition) is 0. The van der Waals surface area contributed by atoms with Crippen LogP contribution in [0.4, 0.5) is 0 Å². The number of hydroxylamine groups is 2. The Morgan fingerprint density at radius 1 is 1.56 bits per heavy atom. The van der Waals surface area contributed by atoms with Crippen LogP contribution in [0.15, 0.2) is 11.6 Å². The number of carbonyl (C=O) groups excluding carboxylic acids is 2. The maximum atomic E-state index is 11.9. The van der Waals surface area contributed by atoms with Crippen molar-refractivity contribution in [3.05, 3.63) is 11.6 Å². The normalized spacial score (nSPS) is 32.2. The van der Waals surface area contributed by atoms with Gasteiger partial charge in [0.15, 0.2) is 5.79 Å². The van der Waals surface area contributed by atoms with E-state index in [2.05, 4.69) is 0 Å². The van der Waals surface area contributed by atoms with Gasteiger partial charge >= 0.3 is 5.97 Å². The molecule has 1 amide bonds. The van der Waals surface area contributed by atoms with E-state index in [-0.39, 0.29) is 24.3 Å². The Hall–Kier alpha value is -1.40. The molecule has 1 aliphatic carbocycles. The van der Waals surface area contributed by atoms with Crippen LogP contribution in [0.25, 0.3) is 0 Å². The van der Waals surface area contributed by atoms with Crippen LogP contribution < -0.4 is 0 Å². The average molecular weight is 253 g/mol. The fraction of sp³-hybridized carbons (Fsp3) is 0.667. The zero-order valence-corrected chi connectivity index (χ0v) is 10.3. The third-order valence-corrected chi connectivity index (χ3v) is 3.63. The molecule has 0 bridgehead atoms. The van der Waals surface area contributed by atoms with Crippen molar-refractivity contribution in [2.75, 3.05) is 13.2 Å². The van der Waals surface area contributed by atoms with Gasteiger partial charge in [0, 0.05) is 12.0 Å². The fourth-order valence-electron chi connectivity index (χ4n) is 2.53. The van der Waals surface area contributed by atoms with Crippen LogP contribution >= 0.6 is 0 Å². The molecule has 2 atom stereocenters. The van der Waals surface area contributed by atoms with Crippen molar-refractivity contribution < 1.29 is 23.9 Å². The minimum atomic E-state index is -0.780. The molecule has 0 aromatic heterocycles. The monoisotopic (exact) mass is 253 g/mol. The lowest BCUT2D eigenvalue weighted by molar-refractivity contribution is -0.239. The largest absolute Gasteiger partial charge is 0.344 e. The van der Waals surface area contributed by atoms with E-state index in [1.807, 2.05) is 13.0 Å². The second-order valence-electron chi connectivity index (χ2n) is 4.71. The van der Waals surface area contributed by atoms with E-state index in [0.717, 1.165) is 10.6 Å². The van der Waals surface area contributed by atoms with Crippen LogP contribution in [0.5, 0.6) is 0 Å². The molecule has 2 fully saturated rings. The highest BCUT2D eigenvalue weighted by Crippen LogP contribution is 2.49. The standard InChI is InChI=1S/C12H15NO5/c1-3-9(14)18-13-8-6-7(10(8)11(13)15)12(2)16-4-5-17-12/h6,8,10H,3-5H2,1-2H3. The molecular formula is C12H15NO5. The van der Waals surface area contributed by atoms with Gasteiger partial charge in [-0.1, -0.05) is 13.0 Å². The molecule has 98 valence electrons. The predicted molar refractivity (Wildman–Crippen MR) is 58.9 cm³/mol. The SMILES string of the molecule is CCC(=O)ON1C(=O)C2C(C3(C)OCCO3)=CC21. The Balaban J connectivity index is 1.71. The van der Waals surface area contributed by atoms with Gasteiger partial charge in [0.05, 0.1) is 19.1 Å². The van der Waals surface area contributed by atoms with Crippen molar-refractivity contribution in [1.82, 2.24) is 5.06 Å². The van der Waals surface area contributed by atoms with E-state index in [0.29, 0.717) is 13.2 Å². The molecule has 0 radical (unpaired) electrons. The summed E-state index contributed by atoms with van der Waals surface area (Å²) in [7, 11) is 0. The lowest BCUT2D eigenvalue weighted by Crippen LogP contribution is -2.67. The third kappa shape index (κ3) is 1.42. The molecule has 6 nitrogen and oxygen atoms in total. The summed E-state index contributed by atoms with van der Waals surface area (Å²) < 4.78 is 11.0. The van der Waals surface area contributed by atoms with Gasteiger partial charge in [-0.2, -0.15) is 5.06 Å². The number of rotatable bonds is 3. The zero-order valence-electron chi connectivity index (χ0n) is 10.3. The summed E-state index contributed by atoms with van der Waals surface area (Å²) in [6.45, 7) is 4.57. The van der Waals surface area contributed by atoms with Crippen molar-refractivity contribution in [3.8, 4) is 0 Å². The molecule has 18 heavy (non-hydrogen) atoms. The molecular weight excluding hydrogens is 238 g/mol. The molecule has 0 aromatic rings. The van der Waals surface area contributed by atoms with Crippen LogP contribution in [0.3, 0.4) is 0 Å². The van der Waals surface area contributed by atoms with Crippen LogP contribution in [0, 0.1) is 5.92 Å². The summed E-state index contributed by atoms with van der Waals surface area (Å²) in [5.74, 6) is -1.63. The highest BCUT2D eigenvalue weighted by Gasteiger charge is 2.61. The fourth-order valence-corrected chi connectivity index (χ4v) is 2.53.